The summed E-state index contributed by atoms with van der Waals surface area (Å²) in [5.41, 5.74) is 0.864. The first-order valence-corrected chi connectivity index (χ1v) is 6.49. The van der Waals surface area contributed by atoms with Crippen LogP contribution in [0, 0.1) is 0 Å². The van der Waals surface area contributed by atoms with E-state index in [4.69, 9.17) is 4.74 Å². The lowest BCUT2D eigenvalue weighted by Gasteiger charge is -2.22. The van der Waals surface area contributed by atoms with Crippen molar-refractivity contribution in [1.82, 2.24) is 20.2 Å². The number of hydrogen-bond donors (Lipinski definition) is 0. The predicted molar refractivity (Wildman–Crippen MR) is 71.5 cm³/mol. The molecule has 3 rings (SSSR count). The van der Waals surface area contributed by atoms with Gasteiger partial charge in [-0.05, 0) is 35.4 Å². The van der Waals surface area contributed by atoms with E-state index in [0.29, 0.717) is 5.95 Å². The third-order valence-electron chi connectivity index (χ3n) is 3.44. The molecule has 1 aliphatic rings. The molecule has 2 aromatic rings. The van der Waals surface area contributed by atoms with Gasteiger partial charge >= 0.3 is 5.97 Å². The number of aromatic nitrogens is 4. The maximum absolute atomic E-state index is 11.8. The molecule has 7 heteroatoms. The van der Waals surface area contributed by atoms with E-state index in [-0.39, 0.29) is 12.0 Å². The Labute approximate surface area is 116 Å². The lowest BCUT2D eigenvalue weighted by atomic mass is 10.2. The second-order valence-corrected chi connectivity index (χ2v) is 4.60. The van der Waals surface area contributed by atoms with Gasteiger partial charge in [0.15, 0.2) is 0 Å². The van der Waals surface area contributed by atoms with Crippen molar-refractivity contribution in [3.63, 3.8) is 0 Å². The molecular weight excluding hydrogens is 258 g/mol. The molecule has 1 fully saturated rings. The zero-order valence-electron chi connectivity index (χ0n) is 11.1. The molecular formula is C13H15N5O2. The summed E-state index contributed by atoms with van der Waals surface area (Å²) in [6, 6.07) is 9.30. The van der Waals surface area contributed by atoms with Gasteiger partial charge in [0, 0.05) is 6.54 Å². The number of anilines is 1. The van der Waals surface area contributed by atoms with Gasteiger partial charge in [0.1, 0.15) is 6.04 Å². The fourth-order valence-corrected chi connectivity index (χ4v) is 2.48. The Morgan fingerprint density at radius 3 is 2.90 bits per heavy atom. The Bertz CT molecular complexity index is 598. The van der Waals surface area contributed by atoms with Crippen molar-refractivity contribution < 1.29 is 9.53 Å². The van der Waals surface area contributed by atoms with E-state index in [1.54, 1.807) is 4.68 Å². The number of rotatable bonds is 3. The van der Waals surface area contributed by atoms with Crippen LogP contribution in [-0.2, 0) is 9.53 Å². The smallest absolute Gasteiger partial charge is 0.328 e. The van der Waals surface area contributed by atoms with Crippen LogP contribution in [0.3, 0.4) is 0 Å². The minimum atomic E-state index is -0.312. The number of ether oxygens (including phenoxy) is 1. The molecule has 0 aliphatic carbocycles. The quantitative estimate of drug-likeness (QED) is 0.770. The number of esters is 1. The van der Waals surface area contributed by atoms with Crippen LogP contribution in [0.2, 0.25) is 0 Å². The average molecular weight is 273 g/mol. The first-order valence-electron chi connectivity index (χ1n) is 6.49. The fourth-order valence-electron chi connectivity index (χ4n) is 2.48. The number of hydrogen-bond acceptors (Lipinski definition) is 6. The highest BCUT2D eigenvalue weighted by Crippen LogP contribution is 2.25. The van der Waals surface area contributed by atoms with Crippen LogP contribution in [0.25, 0.3) is 5.69 Å². The lowest BCUT2D eigenvalue weighted by molar-refractivity contribution is -0.141. The van der Waals surface area contributed by atoms with Crippen LogP contribution in [0.15, 0.2) is 30.3 Å². The molecule has 1 unspecified atom stereocenters. The van der Waals surface area contributed by atoms with Gasteiger partial charge in [-0.3, -0.25) is 0 Å². The average Bonchev–Trinajstić information content (AvgIpc) is 3.15. The molecule has 20 heavy (non-hydrogen) atoms. The van der Waals surface area contributed by atoms with Crippen LogP contribution in [0.1, 0.15) is 12.8 Å². The molecule has 0 bridgehead atoms. The minimum absolute atomic E-state index is 0.245. The summed E-state index contributed by atoms with van der Waals surface area (Å²) >= 11 is 0. The number of nitrogens with zero attached hydrogens (tertiary/aromatic N) is 5. The van der Waals surface area contributed by atoms with Gasteiger partial charge in [-0.1, -0.05) is 23.3 Å². The second-order valence-electron chi connectivity index (χ2n) is 4.60. The van der Waals surface area contributed by atoms with Crippen molar-refractivity contribution in [2.24, 2.45) is 0 Å². The maximum atomic E-state index is 11.8. The molecule has 0 radical (unpaired) electrons. The summed E-state index contributed by atoms with van der Waals surface area (Å²) in [4.78, 5) is 13.7. The number of tetrazole rings is 1. The highest BCUT2D eigenvalue weighted by molar-refractivity contribution is 5.80. The first-order chi connectivity index (χ1) is 9.81. The SMILES string of the molecule is COC(=O)C1CCCN1c1nnnn1-c1ccccc1. The number of carbonyl (C=O) groups excluding carboxylic acids is 1. The lowest BCUT2D eigenvalue weighted by Crippen LogP contribution is -2.38. The minimum Gasteiger partial charge on any atom is -0.467 e. The van der Waals surface area contributed by atoms with Gasteiger partial charge < -0.3 is 9.64 Å². The van der Waals surface area contributed by atoms with Gasteiger partial charge in [-0.25, -0.2) is 4.79 Å². The number of para-hydroxylation sites is 1. The van der Waals surface area contributed by atoms with E-state index in [1.165, 1.54) is 7.11 Å². The third kappa shape index (κ3) is 2.11. The number of carbonyl (C=O) groups is 1. The molecule has 1 aliphatic heterocycles. The van der Waals surface area contributed by atoms with Crippen molar-refractivity contribution in [1.29, 1.82) is 0 Å². The van der Waals surface area contributed by atoms with Crippen molar-refractivity contribution in [2.75, 3.05) is 18.6 Å². The van der Waals surface area contributed by atoms with Crippen molar-refractivity contribution in [2.45, 2.75) is 18.9 Å². The van der Waals surface area contributed by atoms with Crippen LogP contribution in [0.4, 0.5) is 5.95 Å². The Morgan fingerprint density at radius 2 is 2.15 bits per heavy atom. The van der Waals surface area contributed by atoms with Gasteiger partial charge in [0.2, 0.25) is 0 Å². The van der Waals surface area contributed by atoms with Crippen molar-refractivity contribution >= 4 is 11.9 Å². The molecule has 1 aromatic carbocycles. The number of benzene rings is 1. The summed E-state index contributed by atoms with van der Waals surface area (Å²) in [6.45, 7) is 0.743. The second kappa shape index (κ2) is 5.28. The molecule has 1 aromatic heterocycles. The monoisotopic (exact) mass is 273 g/mol. The zero-order valence-corrected chi connectivity index (χ0v) is 11.1. The van der Waals surface area contributed by atoms with Gasteiger partial charge in [0.25, 0.3) is 5.95 Å². The van der Waals surface area contributed by atoms with Crippen LogP contribution in [-0.4, -0.2) is 45.9 Å². The fraction of sp³-hybridized carbons (Fsp3) is 0.385. The van der Waals surface area contributed by atoms with Gasteiger partial charge in [0.05, 0.1) is 12.8 Å². The maximum Gasteiger partial charge on any atom is 0.328 e. The largest absolute Gasteiger partial charge is 0.467 e. The summed E-state index contributed by atoms with van der Waals surface area (Å²) in [5.74, 6) is 0.328. The van der Waals surface area contributed by atoms with E-state index < -0.39 is 0 Å². The number of methoxy groups -OCH3 is 1. The first kappa shape index (κ1) is 12.6. The topological polar surface area (TPSA) is 73.1 Å². The molecule has 104 valence electrons. The van der Waals surface area contributed by atoms with Crippen molar-refractivity contribution in [3.05, 3.63) is 30.3 Å². The normalized spacial score (nSPS) is 18.2. The van der Waals surface area contributed by atoms with Crippen molar-refractivity contribution in [3.8, 4) is 5.69 Å². The Balaban J connectivity index is 1.95. The summed E-state index contributed by atoms with van der Waals surface area (Å²) in [7, 11) is 1.40. The van der Waals surface area contributed by atoms with E-state index in [9.17, 15) is 4.79 Å². The molecule has 1 atom stereocenters. The molecule has 0 amide bonds. The van der Waals surface area contributed by atoms with Gasteiger partial charge in [-0.2, -0.15) is 4.68 Å². The Morgan fingerprint density at radius 1 is 1.35 bits per heavy atom. The molecule has 0 saturated carbocycles. The molecule has 1 saturated heterocycles. The summed E-state index contributed by atoms with van der Waals surface area (Å²) < 4.78 is 6.49. The Hall–Kier alpha value is -2.44. The summed E-state index contributed by atoms with van der Waals surface area (Å²) in [6.07, 6.45) is 1.68. The molecule has 2 heterocycles. The third-order valence-corrected chi connectivity index (χ3v) is 3.44. The van der Waals surface area contributed by atoms with E-state index >= 15 is 0 Å². The van der Waals surface area contributed by atoms with Crippen LogP contribution >= 0.6 is 0 Å². The molecule has 7 nitrogen and oxygen atoms in total. The highest BCUT2D eigenvalue weighted by atomic mass is 16.5. The van der Waals surface area contributed by atoms with Gasteiger partial charge in [-0.15, -0.1) is 0 Å². The molecule has 0 N–H and O–H groups in total. The van der Waals surface area contributed by atoms with Crippen LogP contribution < -0.4 is 4.90 Å². The standard InChI is InChI=1S/C13H15N5O2/c1-20-12(19)11-8-5-9-17(11)13-14-15-16-18(13)10-6-3-2-4-7-10/h2-4,6-7,11H,5,8-9H2,1H3. The zero-order chi connectivity index (χ0) is 13.9. The van der Waals surface area contributed by atoms with E-state index in [1.807, 2.05) is 35.2 Å². The predicted octanol–water partition coefficient (Wildman–Crippen LogP) is 0.804. The molecule has 0 spiro atoms. The van der Waals surface area contributed by atoms with Crippen LogP contribution in [0.5, 0.6) is 0 Å². The van der Waals surface area contributed by atoms with E-state index in [0.717, 1.165) is 25.1 Å². The Kier molecular flexibility index (Phi) is 3.32. The highest BCUT2D eigenvalue weighted by Gasteiger charge is 2.34. The summed E-state index contributed by atoms with van der Waals surface area (Å²) in [5, 5.41) is 11.8. The van der Waals surface area contributed by atoms with E-state index in [2.05, 4.69) is 15.5 Å².